The number of carboxylic acids is 1. The van der Waals surface area contributed by atoms with Crippen LogP contribution in [0.3, 0.4) is 0 Å². The van der Waals surface area contributed by atoms with E-state index < -0.39 is 46.2 Å². The zero-order valence-corrected chi connectivity index (χ0v) is 17.7. The molecule has 0 aliphatic heterocycles. The fourth-order valence-electron chi connectivity index (χ4n) is 4.60. The molecule has 1 N–H and O–H groups in total. The molecule has 0 unspecified atom stereocenters. The van der Waals surface area contributed by atoms with E-state index in [2.05, 4.69) is 6.08 Å². The lowest BCUT2D eigenvalue weighted by Gasteiger charge is -2.30. The SMILES string of the molecule is C/C=C/CCCC1CCC(c2cc(F)c(C(=O)O)c(F)c2-c2cc(F)c(F)c(F)c2)CC1. The van der Waals surface area contributed by atoms with E-state index in [1.807, 2.05) is 13.0 Å². The molecule has 0 atom stereocenters. The Hall–Kier alpha value is -2.70. The van der Waals surface area contributed by atoms with Crippen LogP contribution in [0.4, 0.5) is 22.0 Å². The van der Waals surface area contributed by atoms with Crippen LogP contribution in [-0.2, 0) is 0 Å². The van der Waals surface area contributed by atoms with Gasteiger partial charge in [-0.3, -0.25) is 0 Å². The van der Waals surface area contributed by atoms with Crippen LogP contribution in [-0.4, -0.2) is 11.1 Å². The maximum Gasteiger partial charge on any atom is 0.341 e. The van der Waals surface area contributed by atoms with Crippen LogP contribution in [0.5, 0.6) is 0 Å². The number of carboxylic acid groups (broad SMARTS) is 1. The molecule has 0 amide bonds. The highest BCUT2D eigenvalue weighted by atomic mass is 19.2. The normalized spacial score (nSPS) is 18.9. The number of aromatic carboxylic acids is 1. The Balaban J connectivity index is 1.97. The van der Waals surface area contributed by atoms with E-state index >= 15 is 4.39 Å². The van der Waals surface area contributed by atoms with Crippen molar-refractivity contribution < 1.29 is 31.9 Å². The number of rotatable bonds is 7. The molecule has 0 radical (unpaired) electrons. The number of hydrogen-bond donors (Lipinski definition) is 1. The Kier molecular flexibility index (Phi) is 7.69. The second-order valence-corrected chi connectivity index (χ2v) is 8.29. The van der Waals surface area contributed by atoms with Gasteiger partial charge in [-0.25, -0.2) is 26.7 Å². The minimum atomic E-state index is -1.83. The highest BCUT2D eigenvalue weighted by molar-refractivity contribution is 5.91. The number of benzene rings is 2. The van der Waals surface area contributed by atoms with Gasteiger partial charge in [0, 0.05) is 5.56 Å². The molecule has 1 fully saturated rings. The van der Waals surface area contributed by atoms with Crippen molar-refractivity contribution >= 4 is 5.97 Å². The number of carbonyl (C=O) groups is 1. The predicted molar refractivity (Wildman–Crippen MR) is 112 cm³/mol. The van der Waals surface area contributed by atoms with Crippen LogP contribution >= 0.6 is 0 Å². The molecule has 0 heterocycles. The van der Waals surface area contributed by atoms with Crippen molar-refractivity contribution in [2.45, 2.75) is 57.8 Å². The van der Waals surface area contributed by atoms with Crippen LogP contribution in [0.15, 0.2) is 30.4 Å². The van der Waals surface area contributed by atoms with Crippen molar-refractivity contribution in [3.63, 3.8) is 0 Å². The quantitative estimate of drug-likeness (QED) is 0.202. The summed E-state index contributed by atoms with van der Waals surface area (Å²) in [6.07, 6.45) is 10.1. The van der Waals surface area contributed by atoms with Crippen LogP contribution < -0.4 is 0 Å². The van der Waals surface area contributed by atoms with Gasteiger partial charge in [0.25, 0.3) is 0 Å². The van der Waals surface area contributed by atoms with Gasteiger partial charge in [0.05, 0.1) is 0 Å². The van der Waals surface area contributed by atoms with Crippen molar-refractivity contribution in [1.82, 2.24) is 0 Å². The highest BCUT2D eigenvalue weighted by Crippen LogP contribution is 2.43. The van der Waals surface area contributed by atoms with Crippen LogP contribution in [0.1, 0.15) is 73.7 Å². The predicted octanol–water partition coefficient (Wildman–Crippen LogP) is 7.77. The van der Waals surface area contributed by atoms with Crippen molar-refractivity contribution in [2.75, 3.05) is 0 Å². The van der Waals surface area contributed by atoms with E-state index in [0.717, 1.165) is 38.2 Å². The molecule has 1 aliphatic carbocycles. The van der Waals surface area contributed by atoms with Crippen molar-refractivity contribution in [3.8, 4) is 11.1 Å². The van der Waals surface area contributed by atoms with E-state index in [-0.39, 0.29) is 17.0 Å². The third-order valence-electron chi connectivity index (χ3n) is 6.24. The lowest BCUT2D eigenvalue weighted by Crippen LogP contribution is -2.16. The van der Waals surface area contributed by atoms with E-state index in [1.54, 1.807) is 0 Å². The zero-order chi connectivity index (χ0) is 23.4. The molecular formula is C25H25F5O2. The van der Waals surface area contributed by atoms with Gasteiger partial charge >= 0.3 is 5.97 Å². The Morgan fingerprint density at radius 1 is 0.969 bits per heavy atom. The zero-order valence-electron chi connectivity index (χ0n) is 17.7. The van der Waals surface area contributed by atoms with E-state index in [4.69, 9.17) is 0 Å². The van der Waals surface area contributed by atoms with Crippen LogP contribution in [0, 0.1) is 35.0 Å². The standard InChI is InChI=1S/C25H25F5O2/c1-2-3-4-5-6-14-7-9-15(10-8-14)17-13-18(26)22(25(31)32)24(30)21(17)16-11-19(27)23(29)20(28)12-16/h2-3,11-15H,4-10H2,1H3,(H,31,32)/b3-2+. The summed E-state index contributed by atoms with van der Waals surface area (Å²) < 4.78 is 70.9. The Morgan fingerprint density at radius 2 is 1.59 bits per heavy atom. The third kappa shape index (κ3) is 5.03. The molecular weight excluding hydrogens is 427 g/mol. The summed E-state index contributed by atoms with van der Waals surface area (Å²) >= 11 is 0. The van der Waals surface area contributed by atoms with Crippen molar-refractivity contribution in [2.24, 2.45) is 5.92 Å². The summed E-state index contributed by atoms with van der Waals surface area (Å²) in [4.78, 5) is 11.4. The van der Waals surface area contributed by atoms with Crippen LogP contribution in [0.2, 0.25) is 0 Å². The number of unbranched alkanes of at least 4 members (excludes halogenated alkanes) is 1. The minimum absolute atomic E-state index is 0.155. The smallest absolute Gasteiger partial charge is 0.341 e. The van der Waals surface area contributed by atoms with Gasteiger partial charge in [-0.15, -0.1) is 0 Å². The van der Waals surface area contributed by atoms with Crippen molar-refractivity contribution in [3.05, 3.63) is 70.6 Å². The molecule has 172 valence electrons. The largest absolute Gasteiger partial charge is 0.477 e. The average Bonchev–Trinajstić information content (AvgIpc) is 2.74. The Bertz CT molecular complexity index is 1000. The van der Waals surface area contributed by atoms with Gasteiger partial charge in [0.1, 0.15) is 17.2 Å². The summed E-state index contributed by atoms with van der Waals surface area (Å²) in [7, 11) is 0. The monoisotopic (exact) mass is 452 g/mol. The van der Waals surface area contributed by atoms with Gasteiger partial charge < -0.3 is 5.11 Å². The first-order valence-electron chi connectivity index (χ1n) is 10.8. The van der Waals surface area contributed by atoms with Gasteiger partial charge in [-0.05, 0) is 86.6 Å². The fraction of sp³-hybridized carbons (Fsp3) is 0.400. The summed E-state index contributed by atoms with van der Waals surface area (Å²) in [6, 6.07) is 2.16. The fourth-order valence-corrected chi connectivity index (χ4v) is 4.60. The summed E-state index contributed by atoms with van der Waals surface area (Å²) in [5, 5.41) is 9.23. The average molecular weight is 452 g/mol. The molecule has 0 spiro atoms. The highest BCUT2D eigenvalue weighted by Gasteiger charge is 2.31. The lowest BCUT2D eigenvalue weighted by atomic mass is 9.75. The van der Waals surface area contributed by atoms with E-state index in [9.17, 15) is 27.5 Å². The molecule has 2 aromatic carbocycles. The molecule has 0 saturated heterocycles. The molecule has 3 rings (SSSR count). The molecule has 2 aromatic rings. The topological polar surface area (TPSA) is 37.3 Å². The molecule has 1 saturated carbocycles. The van der Waals surface area contributed by atoms with E-state index in [1.165, 1.54) is 0 Å². The maximum absolute atomic E-state index is 15.2. The summed E-state index contributed by atoms with van der Waals surface area (Å²) in [5.74, 6) is -9.09. The van der Waals surface area contributed by atoms with E-state index in [0.29, 0.717) is 30.9 Å². The molecule has 7 heteroatoms. The Morgan fingerprint density at radius 3 is 2.16 bits per heavy atom. The Labute approximate surface area is 183 Å². The number of hydrogen-bond acceptors (Lipinski definition) is 1. The first kappa shape index (κ1) is 24.0. The second kappa shape index (κ2) is 10.3. The summed E-state index contributed by atoms with van der Waals surface area (Å²) in [5.41, 5.74) is -1.79. The van der Waals surface area contributed by atoms with Crippen molar-refractivity contribution in [1.29, 1.82) is 0 Å². The van der Waals surface area contributed by atoms with Gasteiger partial charge in [-0.2, -0.15) is 0 Å². The van der Waals surface area contributed by atoms with Crippen LogP contribution in [0.25, 0.3) is 11.1 Å². The molecule has 2 nitrogen and oxygen atoms in total. The second-order valence-electron chi connectivity index (χ2n) is 8.29. The maximum atomic E-state index is 15.2. The third-order valence-corrected chi connectivity index (χ3v) is 6.24. The molecule has 1 aliphatic rings. The minimum Gasteiger partial charge on any atom is -0.477 e. The lowest BCUT2D eigenvalue weighted by molar-refractivity contribution is 0.0686. The first-order chi connectivity index (χ1) is 15.2. The van der Waals surface area contributed by atoms with Gasteiger partial charge in [-0.1, -0.05) is 18.6 Å². The first-order valence-corrected chi connectivity index (χ1v) is 10.8. The van der Waals surface area contributed by atoms with Gasteiger partial charge in [0.15, 0.2) is 17.5 Å². The number of allylic oxidation sites excluding steroid dienone is 2. The van der Waals surface area contributed by atoms with Gasteiger partial charge in [0.2, 0.25) is 0 Å². The molecule has 0 aromatic heterocycles. The number of halogens is 5. The molecule has 32 heavy (non-hydrogen) atoms. The molecule has 0 bridgehead atoms. The summed E-state index contributed by atoms with van der Waals surface area (Å²) in [6.45, 7) is 1.97.